The second-order valence-electron chi connectivity index (χ2n) is 6.87. The SMILES string of the molecule is CN(C)c1ccc(C(=O)NCCN2C(=O)S/C(=C/c3ccc4c(c3)OCO4)C2=O)nn1. The number of fused-ring (bicyclic) bond motifs is 1. The Morgan fingerprint density at radius 2 is 2.00 bits per heavy atom. The lowest BCUT2D eigenvalue weighted by atomic mass is 10.2. The number of anilines is 1. The summed E-state index contributed by atoms with van der Waals surface area (Å²) in [5.74, 6) is 1.03. The number of hydrogen-bond donors (Lipinski definition) is 1. The number of nitrogens with zero attached hydrogens (tertiary/aromatic N) is 4. The van der Waals surface area contributed by atoms with Crippen LogP contribution in [0.3, 0.4) is 0 Å². The highest BCUT2D eigenvalue weighted by molar-refractivity contribution is 8.18. The molecule has 2 aliphatic heterocycles. The van der Waals surface area contributed by atoms with Crippen LogP contribution in [-0.2, 0) is 4.79 Å². The van der Waals surface area contributed by atoms with E-state index in [-0.39, 0.29) is 30.8 Å². The number of carbonyl (C=O) groups excluding carboxylic acids is 3. The number of ether oxygens (including phenoxy) is 2. The first-order valence-electron chi connectivity index (χ1n) is 9.36. The molecular weight excluding hydrogens is 422 g/mol. The summed E-state index contributed by atoms with van der Waals surface area (Å²) in [6.45, 7) is 0.315. The van der Waals surface area contributed by atoms with Gasteiger partial charge in [-0.15, -0.1) is 10.2 Å². The lowest BCUT2D eigenvalue weighted by Crippen LogP contribution is -2.37. The Morgan fingerprint density at radius 3 is 2.74 bits per heavy atom. The minimum atomic E-state index is -0.430. The van der Waals surface area contributed by atoms with Crippen molar-refractivity contribution in [2.45, 2.75) is 0 Å². The van der Waals surface area contributed by atoms with Gasteiger partial charge < -0.3 is 19.7 Å². The van der Waals surface area contributed by atoms with Crippen LogP contribution in [0.1, 0.15) is 16.1 Å². The van der Waals surface area contributed by atoms with Crippen LogP contribution < -0.4 is 19.7 Å². The summed E-state index contributed by atoms with van der Waals surface area (Å²) in [7, 11) is 3.64. The van der Waals surface area contributed by atoms with Crippen molar-refractivity contribution in [1.29, 1.82) is 0 Å². The molecular formula is C20H19N5O5S. The van der Waals surface area contributed by atoms with Crippen LogP contribution in [-0.4, -0.2) is 66.1 Å². The Labute approximate surface area is 182 Å². The predicted molar refractivity (Wildman–Crippen MR) is 114 cm³/mol. The van der Waals surface area contributed by atoms with E-state index >= 15 is 0 Å². The smallest absolute Gasteiger partial charge is 0.293 e. The molecule has 4 rings (SSSR count). The third-order valence-electron chi connectivity index (χ3n) is 4.53. The van der Waals surface area contributed by atoms with Crippen LogP contribution in [0.15, 0.2) is 35.2 Å². The molecule has 0 aliphatic carbocycles. The molecule has 3 amide bonds. The molecule has 10 nitrogen and oxygen atoms in total. The number of hydrogen-bond acceptors (Lipinski definition) is 9. The number of thioether (sulfide) groups is 1. The maximum Gasteiger partial charge on any atom is 0.293 e. The van der Waals surface area contributed by atoms with Crippen molar-refractivity contribution < 1.29 is 23.9 Å². The van der Waals surface area contributed by atoms with Gasteiger partial charge in [-0.25, -0.2) is 0 Å². The maximum atomic E-state index is 12.6. The maximum absolute atomic E-state index is 12.6. The van der Waals surface area contributed by atoms with Gasteiger partial charge in [0, 0.05) is 27.2 Å². The molecule has 0 atom stereocenters. The van der Waals surface area contributed by atoms with Crippen molar-refractivity contribution in [2.24, 2.45) is 0 Å². The summed E-state index contributed by atoms with van der Waals surface area (Å²) in [4.78, 5) is 40.3. The van der Waals surface area contributed by atoms with E-state index in [9.17, 15) is 14.4 Å². The van der Waals surface area contributed by atoms with Crippen LogP contribution in [0.2, 0.25) is 0 Å². The van der Waals surface area contributed by atoms with Crippen LogP contribution in [0.25, 0.3) is 6.08 Å². The number of carbonyl (C=O) groups is 3. The molecule has 0 radical (unpaired) electrons. The van der Waals surface area contributed by atoms with E-state index in [0.717, 1.165) is 22.2 Å². The zero-order valence-corrected chi connectivity index (χ0v) is 17.6. The number of aromatic nitrogens is 2. The van der Waals surface area contributed by atoms with Gasteiger partial charge in [0.2, 0.25) is 6.79 Å². The Balaban J connectivity index is 1.34. The zero-order valence-electron chi connectivity index (χ0n) is 16.8. The summed E-state index contributed by atoms with van der Waals surface area (Å²) in [6.07, 6.45) is 1.63. The minimum absolute atomic E-state index is 0.0537. The predicted octanol–water partition coefficient (Wildman–Crippen LogP) is 1.74. The van der Waals surface area contributed by atoms with Gasteiger partial charge in [0.25, 0.3) is 17.1 Å². The first-order valence-corrected chi connectivity index (χ1v) is 10.2. The molecule has 0 saturated carbocycles. The van der Waals surface area contributed by atoms with Crippen molar-refractivity contribution in [3.63, 3.8) is 0 Å². The number of amides is 3. The number of benzene rings is 1. The lowest BCUT2D eigenvalue weighted by Gasteiger charge is -2.13. The van der Waals surface area contributed by atoms with Gasteiger partial charge in [0.1, 0.15) is 0 Å². The molecule has 3 heterocycles. The second-order valence-corrected chi connectivity index (χ2v) is 7.87. The molecule has 0 spiro atoms. The molecule has 1 N–H and O–H groups in total. The van der Waals surface area contributed by atoms with E-state index in [1.54, 1.807) is 41.3 Å². The van der Waals surface area contributed by atoms with Crippen molar-refractivity contribution in [3.8, 4) is 11.5 Å². The zero-order chi connectivity index (χ0) is 22.0. The monoisotopic (exact) mass is 441 g/mol. The van der Waals surface area contributed by atoms with Gasteiger partial charge >= 0.3 is 0 Å². The molecule has 1 fully saturated rings. The first kappa shape index (κ1) is 20.7. The lowest BCUT2D eigenvalue weighted by molar-refractivity contribution is -0.122. The van der Waals surface area contributed by atoms with E-state index in [1.165, 1.54) is 0 Å². The molecule has 2 aliphatic rings. The fourth-order valence-electron chi connectivity index (χ4n) is 2.90. The second kappa shape index (κ2) is 8.64. The van der Waals surface area contributed by atoms with Crippen LogP contribution in [0, 0.1) is 0 Å². The number of nitrogens with one attached hydrogen (secondary N) is 1. The number of rotatable bonds is 6. The highest BCUT2D eigenvalue weighted by Gasteiger charge is 2.34. The van der Waals surface area contributed by atoms with Gasteiger partial charge in [0.05, 0.1) is 4.91 Å². The Kier molecular flexibility index (Phi) is 5.76. The van der Waals surface area contributed by atoms with Crippen LogP contribution >= 0.6 is 11.8 Å². The van der Waals surface area contributed by atoms with E-state index < -0.39 is 11.8 Å². The molecule has 0 bridgehead atoms. The quantitative estimate of drug-likeness (QED) is 0.670. The normalized spacial score (nSPS) is 16.2. The number of imide groups is 1. The van der Waals surface area contributed by atoms with Crippen LogP contribution in [0.4, 0.5) is 10.6 Å². The van der Waals surface area contributed by atoms with E-state index in [0.29, 0.717) is 22.2 Å². The molecule has 160 valence electrons. The molecule has 0 unspecified atom stereocenters. The van der Waals surface area contributed by atoms with Gasteiger partial charge in [-0.1, -0.05) is 6.07 Å². The van der Waals surface area contributed by atoms with Crippen LogP contribution in [0.5, 0.6) is 11.5 Å². The third kappa shape index (κ3) is 4.45. The Morgan fingerprint density at radius 1 is 1.19 bits per heavy atom. The average Bonchev–Trinajstić information content (AvgIpc) is 3.33. The summed E-state index contributed by atoms with van der Waals surface area (Å²) in [5, 5.41) is 10.1. The third-order valence-corrected chi connectivity index (χ3v) is 5.44. The topological polar surface area (TPSA) is 114 Å². The van der Waals surface area contributed by atoms with Crippen molar-refractivity contribution in [1.82, 2.24) is 20.4 Å². The molecule has 31 heavy (non-hydrogen) atoms. The molecule has 2 aromatic rings. The molecule has 1 saturated heterocycles. The standard InChI is InChI=1S/C20H19N5O5S/c1-24(2)17-6-4-13(22-23-17)18(26)21-7-8-25-19(27)16(31-20(25)28)10-12-3-5-14-15(9-12)30-11-29-14/h3-6,9-10H,7-8,11H2,1-2H3,(H,21,26)/b16-10+. The summed E-state index contributed by atoms with van der Waals surface area (Å²) in [6, 6.07) is 8.52. The van der Waals surface area contributed by atoms with Crippen molar-refractivity contribution in [2.75, 3.05) is 38.9 Å². The van der Waals surface area contributed by atoms with E-state index in [2.05, 4.69) is 15.5 Å². The highest BCUT2D eigenvalue weighted by Crippen LogP contribution is 2.36. The average molecular weight is 441 g/mol. The van der Waals surface area contributed by atoms with Crippen molar-refractivity contribution in [3.05, 3.63) is 46.5 Å². The first-order chi connectivity index (χ1) is 14.9. The highest BCUT2D eigenvalue weighted by atomic mass is 32.2. The van der Waals surface area contributed by atoms with Gasteiger partial charge in [0.15, 0.2) is 23.0 Å². The van der Waals surface area contributed by atoms with Gasteiger partial charge in [-0.05, 0) is 47.7 Å². The minimum Gasteiger partial charge on any atom is -0.454 e. The largest absolute Gasteiger partial charge is 0.454 e. The van der Waals surface area contributed by atoms with Gasteiger partial charge in [-0.3, -0.25) is 19.3 Å². The molecule has 11 heteroatoms. The Hall–Kier alpha value is -3.60. The van der Waals surface area contributed by atoms with Gasteiger partial charge in [-0.2, -0.15) is 0 Å². The summed E-state index contributed by atoms with van der Waals surface area (Å²) < 4.78 is 10.6. The summed E-state index contributed by atoms with van der Waals surface area (Å²) >= 11 is 0.856. The fraction of sp³-hybridized carbons (Fsp3) is 0.250. The van der Waals surface area contributed by atoms with Crippen molar-refractivity contribution >= 4 is 40.7 Å². The molecule has 1 aromatic heterocycles. The molecule has 1 aromatic carbocycles. The Bertz CT molecular complexity index is 1070. The summed E-state index contributed by atoms with van der Waals surface area (Å²) in [5.41, 5.74) is 0.880. The fourth-order valence-corrected chi connectivity index (χ4v) is 3.77. The van der Waals surface area contributed by atoms with E-state index in [1.807, 2.05) is 14.1 Å². The van der Waals surface area contributed by atoms with E-state index in [4.69, 9.17) is 9.47 Å².